The van der Waals surface area contributed by atoms with Gasteiger partial charge >= 0.3 is 0 Å². The minimum atomic E-state index is -0.506. The van der Waals surface area contributed by atoms with E-state index >= 15 is 0 Å². The average molecular weight is 276 g/mol. The van der Waals surface area contributed by atoms with E-state index in [4.69, 9.17) is 0 Å². The normalized spacial score (nSPS) is 10.8. The highest BCUT2D eigenvalue weighted by Gasteiger charge is 2.15. The van der Waals surface area contributed by atoms with E-state index in [1.165, 1.54) is 4.52 Å². The lowest BCUT2D eigenvalue weighted by molar-refractivity contribution is -0.120. The van der Waals surface area contributed by atoms with Gasteiger partial charge in [-0.15, -0.1) is 5.10 Å². The number of hydrogen-bond acceptors (Lipinski definition) is 5. The molecule has 2 amide bonds. The molecule has 0 unspecified atom stereocenters. The van der Waals surface area contributed by atoms with Gasteiger partial charge in [-0.25, -0.2) is 9.50 Å². The highest BCUT2D eigenvalue weighted by molar-refractivity contribution is 5.93. The molecule has 20 heavy (non-hydrogen) atoms. The van der Waals surface area contributed by atoms with Crippen molar-refractivity contribution in [2.75, 3.05) is 6.54 Å². The van der Waals surface area contributed by atoms with E-state index in [0.717, 1.165) is 5.69 Å². The average Bonchev–Trinajstić information content (AvgIpc) is 2.80. The van der Waals surface area contributed by atoms with Gasteiger partial charge in [0.1, 0.15) is 0 Å². The summed E-state index contributed by atoms with van der Waals surface area (Å²) in [7, 11) is 0. The van der Waals surface area contributed by atoms with Crippen LogP contribution in [-0.4, -0.2) is 44.0 Å². The maximum atomic E-state index is 11.9. The molecule has 0 aliphatic carbocycles. The smallest absolute Gasteiger partial charge is 0.291 e. The Labute approximate surface area is 115 Å². The second kappa shape index (κ2) is 5.64. The van der Waals surface area contributed by atoms with Gasteiger partial charge < -0.3 is 10.6 Å². The van der Waals surface area contributed by atoms with Gasteiger partial charge in [-0.3, -0.25) is 9.59 Å². The van der Waals surface area contributed by atoms with Gasteiger partial charge in [0.2, 0.25) is 11.7 Å². The van der Waals surface area contributed by atoms with Crippen molar-refractivity contribution in [3.63, 3.8) is 0 Å². The molecule has 0 aromatic carbocycles. The Balaban J connectivity index is 2.04. The van der Waals surface area contributed by atoms with Gasteiger partial charge in [-0.2, -0.15) is 4.98 Å². The Kier molecular flexibility index (Phi) is 3.92. The van der Waals surface area contributed by atoms with Crippen LogP contribution in [0, 0.1) is 6.92 Å². The lowest BCUT2D eigenvalue weighted by Crippen LogP contribution is -2.40. The zero-order valence-corrected chi connectivity index (χ0v) is 11.5. The standard InChI is InChI=1S/C12H16N6O2/c1-7(2)15-9(19)6-14-11(20)10-16-12-13-5-4-8(3)18(12)17-10/h4-5,7H,6H2,1-3H3,(H,14,20)(H,15,19). The SMILES string of the molecule is Cc1ccnc2nc(C(=O)NCC(=O)NC(C)C)nn12. The zero-order valence-electron chi connectivity index (χ0n) is 11.5. The molecule has 2 heterocycles. The minimum absolute atomic E-state index is 0.0100. The molecule has 0 bridgehead atoms. The van der Waals surface area contributed by atoms with E-state index in [1.807, 2.05) is 20.8 Å². The van der Waals surface area contributed by atoms with E-state index in [0.29, 0.717) is 5.78 Å². The largest absolute Gasteiger partial charge is 0.352 e. The van der Waals surface area contributed by atoms with Crippen LogP contribution in [-0.2, 0) is 4.79 Å². The topological polar surface area (TPSA) is 101 Å². The Hall–Kier alpha value is -2.51. The second-order valence-corrected chi connectivity index (χ2v) is 4.64. The molecule has 0 spiro atoms. The number of nitrogens with one attached hydrogen (secondary N) is 2. The van der Waals surface area contributed by atoms with E-state index in [2.05, 4.69) is 25.7 Å². The molecule has 8 nitrogen and oxygen atoms in total. The van der Waals surface area contributed by atoms with Crippen molar-refractivity contribution in [3.05, 3.63) is 23.8 Å². The molecular weight excluding hydrogens is 260 g/mol. The summed E-state index contributed by atoms with van der Waals surface area (Å²) in [5, 5.41) is 9.19. The van der Waals surface area contributed by atoms with Crippen molar-refractivity contribution >= 4 is 17.6 Å². The maximum absolute atomic E-state index is 11.9. The first kappa shape index (κ1) is 13.9. The van der Waals surface area contributed by atoms with Crippen molar-refractivity contribution in [1.29, 1.82) is 0 Å². The van der Waals surface area contributed by atoms with Crippen molar-refractivity contribution in [2.45, 2.75) is 26.8 Å². The maximum Gasteiger partial charge on any atom is 0.291 e. The Morgan fingerprint density at radius 1 is 1.40 bits per heavy atom. The molecule has 2 aromatic heterocycles. The van der Waals surface area contributed by atoms with E-state index in [-0.39, 0.29) is 24.3 Å². The van der Waals surface area contributed by atoms with Crippen LogP contribution < -0.4 is 10.6 Å². The number of hydrogen-bond donors (Lipinski definition) is 2. The summed E-state index contributed by atoms with van der Waals surface area (Å²) < 4.78 is 1.48. The minimum Gasteiger partial charge on any atom is -0.352 e. The molecule has 8 heteroatoms. The zero-order chi connectivity index (χ0) is 14.7. The number of aromatic nitrogens is 4. The summed E-state index contributed by atoms with van der Waals surface area (Å²) in [5.41, 5.74) is 0.819. The summed E-state index contributed by atoms with van der Waals surface area (Å²) in [4.78, 5) is 31.3. The lowest BCUT2D eigenvalue weighted by atomic mass is 10.4. The van der Waals surface area contributed by atoms with Crippen LogP contribution in [0.15, 0.2) is 12.3 Å². The molecule has 106 valence electrons. The summed E-state index contributed by atoms with van der Waals surface area (Å²) in [5.74, 6) is -0.425. The van der Waals surface area contributed by atoms with Crippen molar-refractivity contribution in [2.24, 2.45) is 0 Å². The number of carbonyl (C=O) groups excluding carboxylic acids is 2. The summed E-state index contributed by atoms with van der Waals surface area (Å²) in [6.07, 6.45) is 1.59. The number of carbonyl (C=O) groups is 2. The third-order valence-corrected chi connectivity index (χ3v) is 2.49. The van der Waals surface area contributed by atoms with Crippen molar-refractivity contribution in [3.8, 4) is 0 Å². The van der Waals surface area contributed by atoms with Gasteiger partial charge in [0.25, 0.3) is 11.7 Å². The highest BCUT2D eigenvalue weighted by atomic mass is 16.2. The third kappa shape index (κ3) is 3.08. The van der Waals surface area contributed by atoms with Crippen LogP contribution >= 0.6 is 0 Å². The predicted molar refractivity (Wildman–Crippen MR) is 71.1 cm³/mol. The highest BCUT2D eigenvalue weighted by Crippen LogP contribution is 2.01. The fourth-order valence-electron chi connectivity index (χ4n) is 1.62. The Morgan fingerprint density at radius 3 is 2.80 bits per heavy atom. The molecule has 0 radical (unpaired) electrons. The summed E-state index contributed by atoms with van der Waals surface area (Å²) >= 11 is 0. The van der Waals surface area contributed by atoms with Crippen molar-refractivity contribution < 1.29 is 9.59 Å². The number of rotatable bonds is 4. The Morgan fingerprint density at radius 2 is 2.15 bits per heavy atom. The van der Waals surface area contributed by atoms with Crippen LogP contribution in [0.1, 0.15) is 30.2 Å². The molecule has 0 fully saturated rings. The molecule has 0 atom stereocenters. The first-order valence-electron chi connectivity index (χ1n) is 6.23. The molecule has 0 aliphatic heterocycles. The van der Waals surface area contributed by atoms with Gasteiger partial charge in [-0.1, -0.05) is 0 Å². The molecule has 2 aromatic rings. The van der Waals surface area contributed by atoms with Crippen LogP contribution in [0.3, 0.4) is 0 Å². The quantitative estimate of drug-likeness (QED) is 0.797. The fourth-order valence-corrected chi connectivity index (χ4v) is 1.62. The third-order valence-electron chi connectivity index (χ3n) is 2.49. The molecule has 0 aliphatic rings. The van der Waals surface area contributed by atoms with Crippen molar-refractivity contribution in [1.82, 2.24) is 30.2 Å². The first-order valence-corrected chi connectivity index (χ1v) is 6.23. The first-order chi connectivity index (χ1) is 9.47. The van der Waals surface area contributed by atoms with Crippen LogP contribution in [0.2, 0.25) is 0 Å². The Bertz CT molecular complexity index is 648. The van der Waals surface area contributed by atoms with Crippen LogP contribution in [0.25, 0.3) is 5.78 Å². The molecule has 0 saturated heterocycles. The molecule has 2 N–H and O–H groups in total. The molecule has 0 saturated carbocycles. The predicted octanol–water partition coefficient (Wildman–Crippen LogP) is -0.313. The number of fused-ring (bicyclic) bond motifs is 1. The fraction of sp³-hybridized carbons (Fsp3) is 0.417. The molecular formula is C12H16N6O2. The van der Waals surface area contributed by atoms with Crippen LogP contribution in [0.5, 0.6) is 0 Å². The van der Waals surface area contributed by atoms with E-state index in [1.54, 1.807) is 12.3 Å². The van der Waals surface area contributed by atoms with Crippen LogP contribution in [0.4, 0.5) is 0 Å². The van der Waals surface area contributed by atoms with E-state index in [9.17, 15) is 9.59 Å². The summed E-state index contributed by atoms with van der Waals surface area (Å²) in [6.45, 7) is 5.41. The lowest BCUT2D eigenvalue weighted by Gasteiger charge is -2.08. The number of amides is 2. The van der Waals surface area contributed by atoms with Gasteiger partial charge in [-0.05, 0) is 26.8 Å². The van der Waals surface area contributed by atoms with Gasteiger partial charge in [0.15, 0.2) is 0 Å². The second-order valence-electron chi connectivity index (χ2n) is 4.64. The number of aryl methyl sites for hydroxylation is 1. The van der Waals surface area contributed by atoms with E-state index < -0.39 is 5.91 Å². The monoisotopic (exact) mass is 276 g/mol. The van der Waals surface area contributed by atoms with Gasteiger partial charge in [0, 0.05) is 17.9 Å². The van der Waals surface area contributed by atoms with Gasteiger partial charge in [0.05, 0.1) is 6.54 Å². The molecule has 2 rings (SSSR count). The number of nitrogens with zero attached hydrogens (tertiary/aromatic N) is 4. The summed E-state index contributed by atoms with van der Waals surface area (Å²) in [6, 6.07) is 1.79.